The summed E-state index contributed by atoms with van der Waals surface area (Å²) in [6, 6.07) is 11.4. The van der Waals surface area contributed by atoms with Crippen LogP contribution in [0, 0.1) is 5.82 Å². The first-order valence-corrected chi connectivity index (χ1v) is 9.59. The van der Waals surface area contributed by atoms with E-state index in [2.05, 4.69) is 5.32 Å². The molecule has 1 saturated heterocycles. The van der Waals surface area contributed by atoms with Crippen LogP contribution in [0.5, 0.6) is 0 Å². The Morgan fingerprint density at radius 3 is 2.54 bits per heavy atom. The average molecular weight is 378 g/mol. The third-order valence-corrected chi connectivity index (χ3v) is 5.96. The predicted molar refractivity (Wildman–Crippen MR) is 95.0 cm³/mol. The van der Waals surface area contributed by atoms with Crippen molar-refractivity contribution in [2.75, 3.05) is 25.0 Å². The zero-order valence-electron chi connectivity index (χ0n) is 14.2. The molecule has 0 bridgehead atoms. The van der Waals surface area contributed by atoms with Crippen LogP contribution in [0.1, 0.15) is 17.3 Å². The van der Waals surface area contributed by atoms with Gasteiger partial charge in [0, 0.05) is 18.7 Å². The van der Waals surface area contributed by atoms with Gasteiger partial charge in [-0.25, -0.2) is 12.8 Å². The van der Waals surface area contributed by atoms with Gasteiger partial charge < -0.3 is 10.1 Å². The van der Waals surface area contributed by atoms with Gasteiger partial charge in [-0.2, -0.15) is 4.31 Å². The van der Waals surface area contributed by atoms with Crippen LogP contribution in [0.4, 0.5) is 10.1 Å². The number of anilines is 1. The van der Waals surface area contributed by atoms with Gasteiger partial charge in [-0.15, -0.1) is 0 Å². The second kappa shape index (κ2) is 7.53. The highest BCUT2D eigenvalue weighted by molar-refractivity contribution is 7.89. The van der Waals surface area contributed by atoms with Crippen molar-refractivity contribution in [3.63, 3.8) is 0 Å². The van der Waals surface area contributed by atoms with E-state index in [4.69, 9.17) is 4.74 Å². The highest BCUT2D eigenvalue weighted by Gasteiger charge is 2.29. The molecular formula is C18H19FN2O4S. The third kappa shape index (κ3) is 3.92. The van der Waals surface area contributed by atoms with Crippen molar-refractivity contribution >= 4 is 21.6 Å². The fourth-order valence-electron chi connectivity index (χ4n) is 2.69. The number of hydrogen-bond acceptors (Lipinski definition) is 4. The molecule has 1 amide bonds. The Hall–Kier alpha value is -2.29. The van der Waals surface area contributed by atoms with Gasteiger partial charge in [0.1, 0.15) is 5.82 Å². The third-order valence-electron chi connectivity index (χ3n) is 4.08. The summed E-state index contributed by atoms with van der Waals surface area (Å²) in [6.45, 7) is 2.75. The molecule has 1 N–H and O–H groups in total. The number of hydrogen-bond donors (Lipinski definition) is 1. The molecule has 6 nitrogen and oxygen atoms in total. The first-order chi connectivity index (χ1) is 12.4. The molecule has 0 saturated carbocycles. The number of carbonyl (C=O) groups is 1. The Morgan fingerprint density at radius 2 is 1.88 bits per heavy atom. The fourth-order valence-corrected chi connectivity index (χ4v) is 4.19. The number of halogens is 1. The molecule has 1 aliphatic heterocycles. The molecule has 8 heteroatoms. The van der Waals surface area contributed by atoms with Gasteiger partial charge in [-0.3, -0.25) is 4.79 Å². The zero-order chi connectivity index (χ0) is 18.7. The van der Waals surface area contributed by atoms with E-state index in [0.717, 1.165) is 0 Å². The quantitative estimate of drug-likeness (QED) is 0.887. The Kier molecular flexibility index (Phi) is 5.36. The minimum atomic E-state index is -3.64. The van der Waals surface area contributed by atoms with E-state index in [1.165, 1.54) is 46.8 Å². The number of carbonyl (C=O) groups excluding carboxylic acids is 1. The summed E-state index contributed by atoms with van der Waals surface area (Å²) < 4.78 is 45.7. The van der Waals surface area contributed by atoms with Crippen LogP contribution >= 0.6 is 0 Å². The number of benzene rings is 2. The van der Waals surface area contributed by atoms with Gasteiger partial charge in [0.15, 0.2) is 0 Å². The second-order valence-corrected chi connectivity index (χ2v) is 7.94. The molecule has 1 aliphatic rings. The maximum absolute atomic E-state index is 13.6. The SMILES string of the molecule is CC1CN(S(=O)(=O)c2ccc(C(=O)Nc3ccccc3F)cc2)CCO1. The lowest BCUT2D eigenvalue weighted by Crippen LogP contribution is -2.44. The van der Waals surface area contributed by atoms with E-state index >= 15 is 0 Å². The van der Waals surface area contributed by atoms with E-state index in [-0.39, 0.29) is 28.8 Å². The molecule has 26 heavy (non-hydrogen) atoms. The van der Waals surface area contributed by atoms with Crippen LogP contribution in [-0.4, -0.2) is 44.4 Å². The summed E-state index contributed by atoms with van der Waals surface area (Å²) in [7, 11) is -3.64. The Labute approximate surface area is 151 Å². The number of ether oxygens (including phenoxy) is 1. The highest BCUT2D eigenvalue weighted by Crippen LogP contribution is 2.20. The number of morpholine rings is 1. The molecule has 0 spiro atoms. The number of rotatable bonds is 4. The molecule has 138 valence electrons. The summed E-state index contributed by atoms with van der Waals surface area (Å²) in [5.74, 6) is -1.06. The summed E-state index contributed by atoms with van der Waals surface area (Å²) in [4.78, 5) is 12.3. The van der Waals surface area contributed by atoms with Crippen LogP contribution in [0.15, 0.2) is 53.4 Å². The van der Waals surface area contributed by atoms with Crippen molar-refractivity contribution in [1.29, 1.82) is 0 Å². The number of para-hydroxylation sites is 1. The monoisotopic (exact) mass is 378 g/mol. The van der Waals surface area contributed by atoms with Crippen molar-refractivity contribution in [2.24, 2.45) is 0 Å². The van der Waals surface area contributed by atoms with E-state index in [1.54, 1.807) is 6.07 Å². The summed E-state index contributed by atoms with van der Waals surface area (Å²) in [5.41, 5.74) is 0.305. The maximum Gasteiger partial charge on any atom is 0.255 e. The van der Waals surface area contributed by atoms with Crippen molar-refractivity contribution in [2.45, 2.75) is 17.9 Å². The summed E-state index contributed by atoms with van der Waals surface area (Å²) in [5, 5.41) is 2.46. The lowest BCUT2D eigenvalue weighted by molar-refractivity contribution is 0.0102. The molecule has 1 heterocycles. The molecule has 3 rings (SSSR count). The number of nitrogens with one attached hydrogen (secondary N) is 1. The van der Waals surface area contributed by atoms with Crippen molar-refractivity contribution in [3.05, 3.63) is 59.9 Å². The number of amides is 1. The minimum absolute atomic E-state index is 0.0662. The van der Waals surface area contributed by atoms with E-state index < -0.39 is 21.7 Å². The number of nitrogens with zero attached hydrogens (tertiary/aromatic N) is 1. The topological polar surface area (TPSA) is 75.7 Å². The average Bonchev–Trinajstić information content (AvgIpc) is 2.63. The molecule has 0 aromatic heterocycles. The Bertz CT molecular complexity index is 900. The van der Waals surface area contributed by atoms with Gasteiger partial charge in [0.25, 0.3) is 5.91 Å². The van der Waals surface area contributed by atoms with E-state index in [1.807, 2.05) is 6.92 Å². The first-order valence-electron chi connectivity index (χ1n) is 8.15. The smallest absolute Gasteiger partial charge is 0.255 e. The van der Waals surface area contributed by atoms with Crippen molar-refractivity contribution in [3.8, 4) is 0 Å². The standard InChI is InChI=1S/C18H19FN2O4S/c1-13-12-21(10-11-25-13)26(23,24)15-8-6-14(7-9-15)18(22)20-17-5-3-2-4-16(17)19/h2-9,13H,10-12H2,1H3,(H,20,22). The van der Waals surface area contributed by atoms with Gasteiger partial charge in [0.05, 0.1) is 23.3 Å². The molecule has 0 aliphatic carbocycles. The molecule has 1 unspecified atom stereocenters. The summed E-state index contributed by atoms with van der Waals surface area (Å²) >= 11 is 0. The normalized spacial score (nSPS) is 18.5. The minimum Gasteiger partial charge on any atom is -0.376 e. The summed E-state index contributed by atoms with van der Waals surface area (Å²) in [6.07, 6.45) is -0.163. The molecular weight excluding hydrogens is 359 g/mol. The predicted octanol–water partition coefficient (Wildman–Crippen LogP) is 2.49. The van der Waals surface area contributed by atoms with Crippen LogP contribution in [0.25, 0.3) is 0 Å². The first kappa shape index (κ1) is 18.5. The fraction of sp³-hybridized carbons (Fsp3) is 0.278. The maximum atomic E-state index is 13.6. The van der Waals surface area contributed by atoms with Crippen LogP contribution < -0.4 is 5.32 Å². The molecule has 1 fully saturated rings. The lowest BCUT2D eigenvalue weighted by Gasteiger charge is -2.30. The van der Waals surface area contributed by atoms with Gasteiger partial charge in [-0.05, 0) is 43.3 Å². The van der Waals surface area contributed by atoms with Crippen LogP contribution in [-0.2, 0) is 14.8 Å². The second-order valence-electron chi connectivity index (χ2n) is 6.00. The van der Waals surface area contributed by atoms with Gasteiger partial charge in [-0.1, -0.05) is 12.1 Å². The van der Waals surface area contributed by atoms with E-state index in [0.29, 0.717) is 13.2 Å². The molecule has 2 aromatic carbocycles. The van der Waals surface area contributed by atoms with Crippen molar-refractivity contribution < 1.29 is 22.3 Å². The largest absolute Gasteiger partial charge is 0.376 e. The highest BCUT2D eigenvalue weighted by atomic mass is 32.2. The zero-order valence-corrected chi connectivity index (χ0v) is 15.0. The van der Waals surface area contributed by atoms with Gasteiger partial charge >= 0.3 is 0 Å². The Balaban J connectivity index is 1.75. The number of sulfonamides is 1. The van der Waals surface area contributed by atoms with Crippen molar-refractivity contribution in [1.82, 2.24) is 4.31 Å². The molecule has 2 aromatic rings. The molecule has 1 atom stereocenters. The molecule has 0 radical (unpaired) electrons. The van der Waals surface area contributed by atoms with E-state index in [9.17, 15) is 17.6 Å². The Morgan fingerprint density at radius 1 is 1.19 bits per heavy atom. The van der Waals surface area contributed by atoms with Gasteiger partial charge in [0.2, 0.25) is 10.0 Å². The van der Waals surface area contributed by atoms with Crippen LogP contribution in [0.2, 0.25) is 0 Å². The lowest BCUT2D eigenvalue weighted by atomic mass is 10.2. The van der Waals surface area contributed by atoms with Crippen LogP contribution in [0.3, 0.4) is 0 Å².